The van der Waals surface area contributed by atoms with Gasteiger partial charge in [0.2, 0.25) is 0 Å². The van der Waals surface area contributed by atoms with E-state index in [4.69, 9.17) is 5.73 Å². The van der Waals surface area contributed by atoms with Gasteiger partial charge in [-0.3, -0.25) is 4.79 Å². The Bertz CT molecular complexity index is 1340. The van der Waals surface area contributed by atoms with Crippen molar-refractivity contribution in [1.29, 1.82) is 0 Å². The van der Waals surface area contributed by atoms with Crippen LogP contribution in [0.3, 0.4) is 0 Å². The summed E-state index contributed by atoms with van der Waals surface area (Å²) in [6.45, 7) is 3.98. The highest BCUT2D eigenvalue weighted by molar-refractivity contribution is 5.99. The number of benzene rings is 3. The standard InChI is InChI=1S/C25H20F4N2O2/c1-24(2,16-6-8-18(26)9-7-16)17-4-3-5-19(14-17)31-21-11-10-20(33-25(27,28)29)12-15(21)13-22(31)23(30)32/h3-14H,1-2H3,(H2,30,32). The highest BCUT2D eigenvalue weighted by Gasteiger charge is 2.31. The number of aromatic nitrogens is 1. The third-order valence-electron chi connectivity index (χ3n) is 5.65. The molecule has 0 bridgehead atoms. The number of halogens is 4. The van der Waals surface area contributed by atoms with E-state index in [1.54, 1.807) is 22.8 Å². The first kappa shape index (κ1) is 22.4. The maximum atomic E-state index is 13.4. The monoisotopic (exact) mass is 456 g/mol. The average molecular weight is 456 g/mol. The van der Waals surface area contributed by atoms with E-state index in [1.807, 2.05) is 32.0 Å². The molecule has 3 aromatic carbocycles. The molecule has 0 radical (unpaired) electrons. The van der Waals surface area contributed by atoms with Gasteiger partial charge in [0, 0.05) is 16.5 Å². The number of ether oxygens (including phenoxy) is 1. The molecule has 33 heavy (non-hydrogen) atoms. The third-order valence-corrected chi connectivity index (χ3v) is 5.65. The van der Waals surface area contributed by atoms with E-state index in [2.05, 4.69) is 4.74 Å². The molecule has 4 rings (SSSR count). The fourth-order valence-electron chi connectivity index (χ4n) is 3.92. The summed E-state index contributed by atoms with van der Waals surface area (Å²) in [5.41, 5.74) is 8.09. The van der Waals surface area contributed by atoms with Gasteiger partial charge in [0.1, 0.15) is 17.3 Å². The summed E-state index contributed by atoms with van der Waals surface area (Å²) in [7, 11) is 0. The molecule has 0 atom stereocenters. The van der Waals surface area contributed by atoms with Crippen molar-refractivity contribution in [3.63, 3.8) is 0 Å². The van der Waals surface area contributed by atoms with Crippen LogP contribution >= 0.6 is 0 Å². The van der Waals surface area contributed by atoms with Crippen LogP contribution in [0.15, 0.2) is 72.8 Å². The molecule has 4 nitrogen and oxygen atoms in total. The second kappa shape index (κ2) is 7.95. The summed E-state index contributed by atoms with van der Waals surface area (Å²) in [4.78, 5) is 12.2. The lowest BCUT2D eigenvalue weighted by Gasteiger charge is -2.27. The van der Waals surface area contributed by atoms with Crippen molar-refractivity contribution in [3.8, 4) is 11.4 Å². The fraction of sp³-hybridized carbons (Fsp3) is 0.160. The molecule has 0 fully saturated rings. The van der Waals surface area contributed by atoms with E-state index >= 15 is 0 Å². The smallest absolute Gasteiger partial charge is 0.406 e. The molecule has 0 aliphatic carbocycles. The van der Waals surface area contributed by atoms with Crippen molar-refractivity contribution in [2.45, 2.75) is 25.6 Å². The van der Waals surface area contributed by atoms with Gasteiger partial charge >= 0.3 is 6.36 Å². The highest BCUT2D eigenvalue weighted by Crippen LogP contribution is 2.35. The Morgan fingerprint density at radius 1 is 0.909 bits per heavy atom. The minimum absolute atomic E-state index is 0.117. The fourth-order valence-corrected chi connectivity index (χ4v) is 3.92. The number of carbonyl (C=O) groups is 1. The summed E-state index contributed by atoms with van der Waals surface area (Å²) < 4.78 is 56.8. The minimum Gasteiger partial charge on any atom is -0.406 e. The summed E-state index contributed by atoms with van der Waals surface area (Å²) in [5.74, 6) is -1.45. The van der Waals surface area contributed by atoms with Crippen LogP contribution in [0.2, 0.25) is 0 Å². The van der Waals surface area contributed by atoms with E-state index in [0.29, 0.717) is 16.6 Å². The number of nitrogens with two attached hydrogens (primary N) is 1. The Balaban J connectivity index is 1.84. The second-order valence-corrected chi connectivity index (χ2v) is 8.18. The van der Waals surface area contributed by atoms with Crippen LogP contribution in [0, 0.1) is 5.82 Å². The molecule has 2 N–H and O–H groups in total. The van der Waals surface area contributed by atoms with E-state index in [-0.39, 0.29) is 11.5 Å². The van der Waals surface area contributed by atoms with Gasteiger partial charge in [-0.25, -0.2) is 4.39 Å². The molecule has 170 valence electrons. The molecule has 0 aliphatic heterocycles. The van der Waals surface area contributed by atoms with Crippen molar-refractivity contribution >= 4 is 16.8 Å². The van der Waals surface area contributed by atoms with Gasteiger partial charge < -0.3 is 15.0 Å². The van der Waals surface area contributed by atoms with Crippen LogP contribution in [0.4, 0.5) is 17.6 Å². The lowest BCUT2D eigenvalue weighted by Crippen LogP contribution is -2.20. The molecule has 8 heteroatoms. The Hall–Kier alpha value is -3.81. The maximum absolute atomic E-state index is 13.4. The van der Waals surface area contributed by atoms with Gasteiger partial charge in [-0.15, -0.1) is 13.2 Å². The number of amides is 1. The number of hydrogen-bond acceptors (Lipinski definition) is 2. The van der Waals surface area contributed by atoms with Crippen LogP contribution in [-0.4, -0.2) is 16.8 Å². The molecule has 1 aromatic heterocycles. The Kier molecular flexibility index (Phi) is 5.40. The zero-order chi connectivity index (χ0) is 24.0. The Labute approximate surface area is 187 Å². The number of carbonyl (C=O) groups excluding carboxylic acids is 1. The number of hydrogen-bond donors (Lipinski definition) is 1. The van der Waals surface area contributed by atoms with Crippen LogP contribution in [0.25, 0.3) is 16.6 Å². The van der Waals surface area contributed by atoms with Crippen molar-refractivity contribution in [2.24, 2.45) is 5.73 Å². The molecule has 0 saturated heterocycles. The lowest BCUT2D eigenvalue weighted by molar-refractivity contribution is -0.274. The molecule has 0 unspecified atom stereocenters. The first-order valence-corrected chi connectivity index (χ1v) is 10.0. The highest BCUT2D eigenvalue weighted by atomic mass is 19.4. The summed E-state index contributed by atoms with van der Waals surface area (Å²) in [5, 5.41) is 0.369. The predicted molar refractivity (Wildman–Crippen MR) is 117 cm³/mol. The number of rotatable bonds is 5. The summed E-state index contributed by atoms with van der Waals surface area (Å²) in [6, 6.07) is 18.9. The SMILES string of the molecule is CC(C)(c1ccc(F)cc1)c1cccc(-n2c(C(N)=O)cc3cc(OC(F)(F)F)ccc32)c1. The van der Waals surface area contributed by atoms with Crippen LogP contribution in [-0.2, 0) is 5.41 Å². The number of primary amides is 1. The van der Waals surface area contributed by atoms with Crippen molar-refractivity contribution in [1.82, 2.24) is 4.57 Å². The van der Waals surface area contributed by atoms with E-state index in [9.17, 15) is 22.4 Å². The van der Waals surface area contributed by atoms with E-state index in [1.165, 1.54) is 36.4 Å². The molecule has 0 spiro atoms. The molecule has 0 aliphatic rings. The number of alkyl halides is 3. The van der Waals surface area contributed by atoms with Gasteiger partial charge in [0.05, 0.1) is 5.52 Å². The van der Waals surface area contributed by atoms with E-state index < -0.39 is 23.4 Å². The summed E-state index contributed by atoms with van der Waals surface area (Å²) >= 11 is 0. The van der Waals surface area contributed by atoms with Crippen molar-refractivity contribution in [3.05, 3.63) is 95.4 Å². The first-order chi connectivity index (χ1) is 15.5. The van der Waals surface area contributed by atoms with Crippen LogP contribution < -0.4 is 10.5 Å². The summed E-state index contributed by atoms with van der Waals surface area (Å²) in [6.07, 6.45) is -4.83. The van der Waals surface area contributed by atoms with Gasteiger partial charge in [0.15, 0.2) is 0 Å². The average Bonchev–Trinajstić information content (AvgIpc) is 3.12. The lowest BCUT2D eigenvalue weighted by atomic mass is 9.78. The van der Waals surface area contributed by atoms with Crippen LogP contribution in [0.5, 0.6) is 5.75 Å². The third kappa shape index (κ3) is 4.41. The van der Waals surface area contributed by atoms with E-state index in [0.717, 1.165) is 11.1 Å². The largest absolute Gasteiger partial charge is 0.573 e. The Morgan fingerprint density at radius 3 is 2.24 bits per heavy atom. The molecular formula is C25H20F4N2O2. The van der Waals surface area contributed by atoms with Crippen molar-refractivity contribution < 1.29 is 27.1 Å². The van der Waals surface area contributed by atoms with Gasteiger partial charge in [-0.2, -0.15) is 0 Å². The van der Waals surface area contributed by atoms with Crippen LogP contribution in [0.1, 0.15) is 35.5 Å². The second-order valence-electron chi connectivity index (χ2n) is 8.18. The van der Waals surface area contributed by atoms with Gasteiger partial charge in [-0.05, 0) is 59.7 Å². The molecule has 4 aromatic rings. The zero-order valence-corrected chi connectivity index (χ0v) is 17.8. The Morgan fingerprint density at radius 2 is 1.61 bits per heavy atom. The zero-order valence-electron chi connectivity index (χ0n) is 17.8. The number of fused-ring (bicyclic) bond motifs is 1. The molecule has 1 heterocycles. The van der Waals surface area contributed by atoms with Crippen molar-refractivity contribution in [2.75, 3.05) is 0 Å². The number of nitrogens with zero attached hydrogens (tertiary/aromatic N) is 1. The van der Waals surface area contributed by atoms with Gasteiger partial charge in [-0.1, -0.05) is 38.1 Å². The topological polar surface area (TPSA) is 57.2 Å². The molecular weight excluding hydrogens is 436 g/mol. The first-order valence-electron chi connectivity index (χ1n) is 10.0. The molecule has 1 amide bonds. The minimum atomic E-state index is -4.83. The van der Waals surface area contributed by atoms with Gasteiger partial charge in [0.25, 0.3) is 5.91 Å². The predicted octanol–water partition coefficient (Wildman–Crippen LogP) is 6.09. The quantitative estimate of drug-likeness (QED) is 0.369. The molecule has 0 saturated carbocycles. The normalized spacial score (nSPS) is 12.2. The maximum Gasteiger partial charge on any atom is 0.573 e.